The van der Waals surface area contributed by atoms with Crippen molar-refractivity contribution in [3.63, 3.8) is 0 Å². The van der Waals surface area contributed by atoms with Gasteiger partial charge < -0.3 is 10.4 Å². The van der Waals surface area contributed by atoms with Gasteiger partial charge in [-0.1, -0.05) is 23.7 Å². The fraction of sp³-hybridized carbons (Fsp3) is 0.176. The van der Waals surface area contributed by atoms with Crippen molar-refractivity contribution in [3.8, 4) is 11.1 Å². The first-order chi connectivity index (χ1) is 10.5. The zero-order valence-corrected chi connectivity index (χ0v) is 12.4. The molecule has 1 aliphatic carbocycles. The molecule has 2 aromatic rings. The van der Waals surface area contributed by atoms with E-state index in [2.05, 4.69) is 5.32 Å². The van der Waals surface area contributed by atoms with Crippen molar-refractivity contribution >= 4 is 23.5 Å². The molecule has 3 rings (SSSR count). The minimum absolute atomic E-state index is 0.107. The lowest BCUT2D eigenvalue weighted by atomic mass is 10.0. The highest BCUT2D eigenvalue weighted by atomic mass is 35.5. The second kappa shape index (κ2) is 5.81. The van der Waals surface area contributed by atoms with E-state index in [-0.39, 0.29) is 11.5 Å². The number of carboxylic acids is 1. The number of hydrogen-bond acceptors (Lipinski definition) is 2. The minimum Gasteiger partial charge on any atom is -0.478 e. The summed E-state index contributed by atoms with van der Waals surface area (Å²) in [5.41, 5.74) is 2.11. The molecule has 2 N–H and O–H groups in total. The first-order valence-electron chi connectivity index (χ1n) is 6.98. The molecule has 4 nitrogen and oxygen atoms in total. The van der Waals surface area contributed by atoms with Gasteiger partial charge in [-0.05, 0) is 54.3 Å². The number of carbonyl (C=O) groups excluding carboxylic acids is 1. The molecule has 0 spiro atoms. The van der Waals surface area contributed by atoms with Crippen molar-refractivity contribution in [2.75, 3.05) is 0 Å². The van der Waals surface area contributed by atoms with Gasteiger partial charge in [0.05, 0.1) is 5.56 Å². The van der Waals surface area contributed by atoms with Crippen LogP contribution in [0, 0.1) is 0 Å². The maximum absolute atomic E-state index is 12.1. The van der Waals surface area contributed by atoms with E-state index in [0.29, 0.717) is 22.2 Å². The molecule has 5 heteroatoms. The van der Waals surface area contributed by atoms with Crippen LogP contribution in [0.3, 0.4) is 0 Å². The highest BCUT2D eigenvalue weighted by Gasteiger charge is 2.23. The topological polar surface area (TPSA) is 66.4 Å². The van der Waals surface area contributed by atoms with E-state index in [9.17, 15) is 9.59 Å². The second-order valence-corrected chi connectivity index (χ2v) is 5.80. The van der Waals surface area contributed by atoms with Gasteiger partial charge in [0.1, 0.15) is 0 Å². The third-order valence-corrected chi connectivity index (χ3v) is 3.73. The van der Waals surface area contributed by atoms with Crippen molar-refractivity contribution in [1.29, 1.82) is 0 Å². The van der Waals surface area contributed by atoms with E-state index in [1.165, 1.54) is 6.07 Å². The number of hydrogen-bond donors (Lipinski definition) is 2. The highest BCUT2D eigenvalue weighted by Crippen LogP contribution is 2.26. The third kappa shape index (κ3) is 3.28. The summed E-state index contributed by atoms with van der Waals surface area (Å²) < 4.78 is 0. The van der Waals surface area contributed by atoms with Gasteiger partial charge in [0.2, 0.25) is 0 Å². The average Bonchev–Trinajstić information content (AvgIpc) is 3.30. The Kier molecular flexibility index (Phi) is 3.86. The molecule has 0 saturated heterocycles. The van der Waals surface area contributed by atoms with Crippen LogP contribution in [0.2, 0.25) is 5.02 Å². The molecule has 0 atom stereocenters. The Balaban J connectivity index is 1.94. The summed E-state index contributed by atoms with van der Waals surface area (Å²) in [7, 11) is 0. The SMILES string of the molecule is O=C(O)c1cc(Cl)cc(-c2cccc(C(=O)NC3CC3)c2)c1. The Labute approximate surface area is 132 Å². The molecular formula is C17H14ClNO3. The molecule has 2 aromatic carbocycles. The quantitative estimate of drug-likeness (QED) is 0.906. The third-order valence-electron chi connectivity index (χ3n) is 3.52. The van der Waals surface area contributed by atoms with Crippen molar-refractivity contribution in [1.82, 2.24) is 5.32 Å². The predicted molar refractivity (Wildman–Crippen MR) is 84.3 cm³/mol. The Morgan fingerprint density at radius 2 is 1.77 bits per heavy atom. The molecule has 0 aliphatic heterocycles. The molecule has 0 bridgehead atoms. The van der Waals surface area contributed by atoms with Crippen LogP contribution in [0.4, 0.5) is 0 Å². The molecule has 1 fully saturated rings. The van der Waals surface area contributed by atoms with Crippen molar-refractivity contribution < 1.29 is 14.7 Å². The van der Waals surface area contributed by atoms with Crippen LogP contribution in [0.5, 0.6) is 0 Å². The second-order valence-electron chi connectivity index (χ2n) is 5.36. The summed E-state index contributed by atoms with van der Waals surface area (Å²) in [6.45, 7) is 0. The molecule has 0 radical (unpaired) electrons. The van der Waals surface area contributed by atoms with Crippen LogP contribution < -0.4 is 5.32 Å². The van der Waals surface area contributed by atoms with Gasteiger partial charge in [-0.2, -0.15) is 0 Å². The number of nitrogens with one attached hydrogen (secondary N) is 1. The number of aromatic carboxylic acids is 1. The number of benzene rings is 2. The van der Waals surface area contributed by atoms with Gasteiger partial charge in [0.15, 0.2) is 0 Å². The molecule has 1 amide bonds. The molecular weight excluding hydrogens is 302 g/mol. The van der Waals surface area contributed by atoms with Gasteiger partial charge in [-0.25, -0.2) is 4.79 Å². The normalized spacial score (nSPS) is 13.7. The summed E-state index contributed by atoms with van der Waals surface area (Å²) in [4.78, 5) is 23.2. The number of carbonyl (C=O) groups is 2. The van der Waals surface area contributed by atoms with Gasteiger partial charge >= 0.3 is 5.97 Å². The zero-order chi connectivity index (χ0) is 15.7. The van der Waals surface area contributed by atoms with Gasteiger partial charge in [-0.15, -0.1) is 0 Å². The van der Waals surface area contributed by atoms with Crippen LogP contribution >= 0.6 is 11.6 Å². The highest BCUT2D eigenvalue weighted by molar-refractivity contribution is 6.31. The molecule has 1 aliphatic rings. The molecule has 22 heavy (non-hydrogen) atoms. The zero-order valence-electron chi connectivity index (χ0n) is 11.7. The molecule has 0 unspecified atom stereocenters. The Morgan fingerprint density at radius 1 is 1.05 bits per heavy atom. The van der Waals surface area contributed by atoms with Gasteiger partial charge in [-0.3, -0.25) is 4.79 Å². The van der Waals surface area contributed by atoms with E-state index in [1.54, 1.807) is 30.3 Å². The molecule has 0 aromatic heterocycles. The fourth-order valence-corrected chi connectivity index (χ4v) is 2.45. The summed E-state index contributed by atoms with van der Waals surface area (Å²) in [6, 6.07) is 12.0. The number of rotatable bonds is 4. The fourth-order valence-electron chi connectivity index (χ4n) is 2.22. The molecule has 1 saturated carbocycles. The smallest absolute Gasteiger partial charge is 0.335 e. The van der Waals surface area contributed by atoms with E-state index >= 15 is 0 Å². The van der Waals surface area contributed by atoms with E-state index < -0.39 is 5.97 Å². The number of amides is 1. The lowest BCUT2D eigenvalue weighted by molar-refractivity contribution is 0.0696. The lowest BCUT2D eigenvalue weighted by Gasteiger charge is -2.08. The van der Waals surface area contributed by atoms with Crippen LogP contribution in [-0.2, 0) is 0 Å². The first kappa shape index (κ1) is 14.6. The maximum atomic E-state index is 12.1. The largest absolute Gasteiger partial charge is 0.478 e. The van der Waals surface area contributed by atoms with Gasteiger partial charge in [0.25, 0.3) is 5.91 Å². The summed E-state index contributed by atoms with van der Waals surface area (Å²) in [6.07, 6.45) is 2.06. The van der Waals surface area contributed by atoms with Crippen molar-refractivity contribution in [2.24, 2.45) is 0 Å². The van der Waals surface area contributed by atoms with Gasteiger partial charge in [0, 0.05) is 16.6 Å². The number of carboxylic acid groups (broad SMARTS) is 1. The van der Waals surface area contributed by atoms with E-state index in [0.717, 1.165) is 18.4 Å². The van der Waals surface area contributed by atoms with Crippen LogP contribution in [0.15, 0.2) is 42.5 Å². The maximum Gasteiger partial charge on any atom is 0.335 e. The van der Waals surface area contributed by atoms with Crippen LogP contribution in [0.25, 0.3) is 11.1 Å². The standard InChI is InChI=1S/C17H14ClNO3/c18-14-8-12(7-13(9-14)17(21)22)10-2-1-3-11(6-10)16(20)19-15-4-5-15/h1-3,6-9,15H,4-5H2,(H,19,20)(H,21,22). The minimum atomic E-state index is -1.04. The summed E-state index contributed by atoms with van der Waals surface area (Å²) >= 11 is 5.98. The molecule has 0 heterocycles. The Hall–Kier alpha value is -2.33. The Bertz CT molecular complexity index is 753. The van der Waals surface area contributed by atoms with Crippen molar-refractivity contribution in [3.05, 3.63) is 58.6 Å². The predicted octanol–water partition coefficient (Wildman–Crippen LogP) is 3.60. The summed E-state index contributed by atoms with van der Waals surface area (Å²) in [5, 5.41) is 12.4. The molecule has 112 valence electrons. The average molecular weight is 316 g/mol. The van der Waals surface area contributed by atoms with Crippen LogP contribution in [-0.4, -0.2) is 23.0 Å². The Morgan fingerprint density at radius 3 is 2.45 bits per heavy atom. The van der Waals surface area contributed by atoms with Crippen molar-refractivity contribution in [2.45, 2.75) is 18.9 Å². The summed E-state index contributed by atoms with van der Waals surface area (Å²) in [5.74, 6) is -1.14. The monoisotopic (exact) mass is 315 g/mol. The van der Waals surface area contributed by atoms with Crippen LogP contribution in [0.1, 0.15) is 33.6 Å². The van der Waals surface area contributed by atoms with E-state index in [1.807, 2.05) is 6.07 Å². The number of halogens is 1. The lowest BCUT2D eigenvalue weighted by Crippen LogP contribution is -2.25. The first-order valence-corrected chi connectivity index (χ1v) is 7.36. The van der Waals surface area contributed by atoms with E-state index in [4.69, 9.17) is 16.7 Å².